The van der Waals surface area contributed by atoms with Gasteiger partial charge in [-0.3, -0.25) is 4.79 Å². The number of halogens is 1. The van der Waals surface area contributed by atoms with Crippen molar-refractivity contribution in [1.29, 1.82) is 0 Å². The molecule has 1 amide bonds. The summed E-state index contributed by atoms with van der Waals surface area (Å²) in [7, 11) is 0. The van der Waals surface area contributed by atoms with Crippen LogP contribution in [0.3, 0.4) is 0 Å². The van der Waals surface area contributed by atoms with Crippen molar-refractivity contribution in [2.75, 3.05) is 0 Å². The second kappa shape index (κ2) is 6.59. The maximum Gasteiger partial charge on any atom is 0.237 e. The summed E-state index contributed by atoms with van der Waals surface area (Å²) in [6, 6.07) is 6.96. The van der Waals surface area contributed by atoms with Gasteiger partial charge < -0.3 is 11.1 Å². The van der Waals surface area contributed by atoms with E-state index in [1.54, 1.807) is 0 Å². The molecule has 0 bridgehead atoms. The van der Waals surface area contributed by atoms with Gasteiger partial charge in [-0.25, -0.2) is 0 Å². The number of carbonyl (C=O) groups is 1. The number of nitrogens with two attached hydrogens (primary N) is 1. The standard InChI is InChI=1S/C16H25ClN2O/c1-10(2)13(11-6-8-12(17)9-7-11)19-15(20)14(18)16(3,4)5/h6-10,13-14H,18H2,1-5H3,(H,19,20)/t13?,14-/m0/s1. The third kappa shape index (κ3) is 4.50. The molecule has 20 heavy (non-hydrogen) atoms. The van der Waals surface area contributed by atoms with E-state index in [0.29, 0.717) is 5.02 Å². The van der Waals surface area contributed by atoms with E-state index >= 15 is 0 Å². The van der Waals surface area contributed by atoms with Crippen LogP contribution in [0.25, 0.3) is 0 Å². The van der Waals surface area contributed by atoms with E-state index in [2.05, 4.69) is 19.2 Å². The Morgan fingerprint density at radius 2 is 1.70 bits per heavy atom. The third-order valence-electron chi connectivity index (χ3n) is 3.41. The Hall–Kier alpha value is -1.06. The average molecular weight is 297 g/mol. The van der Waals surface area contributed by atoms with Crippen LogP contribution < -0.4 is 11.1 Å². The summed E-state index contributed by atoms with van der Waals surface area (Å²) in [6.07, 6.45) is 0. The van der Waals surface area contributed by atoms with E-state index in [0.717, 1.165) is 5.56 Å². The van der Waals surface area contributed by atoms with E-state index < -0.39 is 6.04 Å². The first-order valence-electron chi connectivity index (χ1n) is 6.94. The molecule has 2 atom stereocenters. The highest BCUT2D eigenvalue weighted by atomic mass is 35.5. The fourth-order valence-electron chi connectivity index (χ4n) is 1.94. The van der Waals surface area contributed by atoms with Crippen LogP contribution in [-0.4, -0.2) is 11.9 Å². The lowest BCUT2D eigenvalue weighted by Gasteiger charge is -2.30. The van der Waals surface area contributed by atoms with Gasteiger partial charge in [0.2, 0.25) is 5.91 Å². The summed E-state index contributed by atoms with van der Waals surface area (Å²) in [4.78, 5) is 12.3. The van der Waals surface area contributed by atoms with Gasteiger partial charge in [-0.1, -0.05) is 58.4 Å². The summed E-state index contributed by atoms with van der Waals surface area (Å²) in [6.45, 7) is 10.0. The lowest BCUT2D eigenvalue weighted by Crippen LogP contribution is -2.50. The fraction of sp³-hybridized carbons (Fsp3) is 0.562. The maximum atomic E-state index is 12.3. The maximum absolute atomic E-state index is 12.3. The summed E-state index contributed by atoms with van der Waals surface area (Å²) >= 11 is 5.90. The molecule has 0 aliphatic rings. The molecule has 1 rings (SSSR count). The zero-order chi connectivity index (χ0) is 15.5. The highest BCUT2D eigenvalue weighted by Gasteiger charge is 2.29. The Kier molecular flexibility index (Phi) is 5.60. The molecule has 112 valence electrons. The van der Waals surface area contributed by atoms with Gasteiger partial charge in [-0.05, 0) is 29.0 Å². The predicted molar refractivity (Wildman–Crippen MR) is 84.6 cm³/mol. The number of hydrogen-bond donors (Lipinski definition) is 2. The molecule has 0 spiro atoms. The van der Waals surface area contributed by atoms with Crippen molar-refractivity contribution < 1.29 is 4.79 Å². The Morgan fingerprint density at radius 1 is 1.20 bits per heavy atom. The van der Waals surface area contributed by atoms with Crippen molar-refractivity contribution in [3.8, 4) is 0 Å². The zero-order valence-corrected chi connectivity index (χ0v) is 13.7. The Balaban J connectivity index is 2.89. The monoisotopic (exact) mass is 296 g/mol. The van der Waals surface area contributed by atoms with Crippen LogP contribution in [0.15, 0.2) is 24.3 Å². The van der Waals surface area contributed by atoms with E-state index in [-0.39, 0.29) is 23.3 Å². The second-order valence-electron chi connectivity index (χ2n) is 6.63. The topological polar surface area (TPSA) is 55.1 Å². The highest BCUT2D eigenvalue weighted by Crippen LogP contribution is 2.25. The van der Waals surface area contributed by atoms with Crippen LogP contribution in [0.5, 0.6) is 0 Å². The number of benzene rings is 1. The number of rotatable bonds is 4. The van der Waals surface area contributed by atoms with Crippen LogP contribution in [0.2, 0.25) is 5.02 Å². The molecule has 0 fully saturated rings. The predicted octanol–water partition coefficient (Wildman–Crippen LogP) is 3.53. The van der Waals surface area contributed by atoms with Gasteiger partial charge in [0.1, 0.15) is 0 Å². The molecule has 3 nitrogen and oxygen atoms in total. The quantitative estimate of drug-likeness (QED) is 0.893. The first-order valence-corrected chi connectivity index (χ1v) is 7.32. The molecule has 4 heteroatoms. The minimum atomic E-state index is -0.531. The number of hydrogen-bond acceptors (Lipinski definition) is 2. The van der Waals surface area contributed by atoms with Gasteiger partial charge in [0, 0.05) is 5.02 Å². The number of nitrogens with one attached hydrogen (secondary N) is 1. The molecule has 0 aromatic heterocycles. The second-order valence-corrected chi connectivity index (χ2v) is 7.06. The van der Waals surface area contributed by atoms with Crippen LogP contribution in [-0.2, 0) is 4.79 Å². The summed E-state index contributed by atoms with van der Waals surface area (Å²) < 4.78 is 0. The lowest BCUT2D eigenvalue weighted by molar-refractivity contribution is -0.125. The summed E-state index contributed by atoms with van der Waals surface area (Å²) in [5.41, 5.74) is 6.79. The van der Waals surface area contributed by atoms with Crippen molar-refractivity contribution in [2.24, 2.45) is 17.1 Å². The zero-order valence-electron chi connectivity index (χ0n) is 12.9. The van der Waals surface area contributed by atoms with Crippen molar-refractivity contribution in [2.45, 2.75) is 46.7 Å². The molecule has 0 aliphatic heterocycles. The molecule has 1 unspecified atom stereocenters. The van der Waals surface area contributed by atoms with Gasteiger partial charge in [0.15, 0.2) is 0 Å². The lowest BCUT2D eigenvalue weighted by atomic mass is 9.86. The molecule has 0 heterocycles. The number of carbonyl (C=O) groups excluding carboxylic acids is 1. The Bertz CT molecular complexity index is 449. The molecular weight excluding hydrogens is 272 g/mol. The average Bonchev–Trinajstić information content (AvgIpc) is 2.34. The molecule has 3 N–H and O–H groups in total. The van der Waals surface area contributed by atoms with E-state index in [9.17, 15) is 4.79 Å². The van der Waals surface area contributed by atoms with Crippen LogP contribution in [0, 0.1) is 11.3 Å². The third-order valence-corrected chi connectivity index (χ3v) is 3.66. The van der Waals surface area contributed by atoms with Crippen LogP contribution >= 0.6 is 11.6 Å². The van der Waals surface area contributed by atoms with Gasteiger partial charge in [-0.15, -0.1) is 0 Å². The highest BCUT2D eigenvalue weighted by molar-refractivity contribution is 6.30. The van der Waals surface area contributed by atoms with Crippen molar-refractivity contribution >= 4 is 17.5 Å². The largest absolute Gasteiger partial charge is 0.348 e. The smallest absolute Gasteiger partial charge is 0.237 e. The summed E-state index contributed by atoms with van der Waals surface area (Å²) in [5.74, 6) is 0.151. The molecule has 0 radical (unpaired) electrons. The van der Waals surface area contributed by atoms with Gasteiger partial charge >= 0.3 is 0 Å². The number of amides is 1. The minimum Gasteiger partial charge on any atom is -0.348 e. The van der Waals surface area contributed by atoms with E-state index in [4.69, 9.17) is 17.3 Å². The van der Waals surface area contributed by atoms with Gasteiger partial charge in [0.05, 0.1) is 12.1 Å². The Morgan fingerprint density at radius 3 is 2.10 bits per heavy atom. The van der Waals surface area contributed by atoms with Crippen LogP contribution in [0.4, 0.5) is 0 Å². The SMILES string of the molecule is CC(C)C(NC(=O)[C@H](N)C(C)(C)C)c1ccc(Cl)cc1. The first-order chi connectivity index (χ1) is 9.12. The summed E-state index contributed by atoms with van der Waals surface area (Å²) in [5, 5.41) is 3.74. The Labute approximate surface area is 126 Å². The van der Waals surface area contributed by atoms with Crippen molar-refractivity contribution in [3.05, 3.63) is 34.9 Å². The minimum absolute atomic E-state index is 0.0619. The van der Waals surface area contributed by atoms with E-state index in [1.165, 1.54) is 0 Å². The molecule has 0 saturated carbocycles. The molecule has 1 aromatic carbocycles. The van der Waals surface area contributed by atoms with Crippen molar-refractivity contribution in [3.63, 3.8) is 0 Å². The normalized spacial score (nSPS) is 15.0. The molecule has 0 saturated heterocycles. The molecular formula is C16H25ClN2O. The van der Waals surface area contributed by atoms with E-state index in [1.807, 2.05) is 45.0 Å². The first kappa shape index (κ1) is 17.0. The fourth-order valence-corrected chi connectivity index (χ4v) is 2.07. The van der Waals surface area contributed by atoms with Gasteiger partial charge in [-0.2, -0.15) is 0 Å². The molecule has 1 aromatic rings. The van der Waals surface area contributed by atoms with Crippen LogP contribution in [0.1, 0.15) is 46.2 Å². The van der Waals surface area contributed by atoms with Gasteiger partial charge in [0.25, 0.3) is 0 Å². The van der Waals surface area contributed by atoms with Crippen molar-refractivity contribution in [1.82, 2.24) is 5.32 Å². The molecule has 0 aliphatic carbocycles.